The van der Waals surface area contributed by atoms with Gasteiger partial charge in [-0.1, -0.05) is 59.6 Å². The lowest BCUT2D eigenvalue weighted by Gasteiger charge is -2.15. The minimum absolute atomic E-state index is 0.122. The standard InChI is InChI=1S/2C29H26ClN5O2S/c2*1-14-15(2)38-29-26(14)27(17-4-6-18(30)7-5-17)32-22(28-34-33-16(3)35(28)29)13-25(36)31-19-8-9-20-21(12-19)24-11-10-23(20)37-24/h2*4-9,12,22-24H,10-11,13H2,1-3H3,(H,31,36)/t22-,23+,24-;22-,23-,24+/m00/s1. The molecule has 0 unspecified atom stereocenters. The predicted octanol–water partition coefficient (Wildman–Crippen LogP) is 13.5. The molecule has 2 saturated heterocycles. The molecule has 6 atom stereocenters. The van der Waals surface area contributed by atoms with Gasteiger partial charge in [0.05, 0.1) is 48.7 Å². The number of anilines is 2. The van der Waals surface area contributed by atoms with E-state index < -0.39 is 12.1 Å². The van der Waals surface area contributed by atoms with Gasteiger partial charge < -0.3 is 20.1 Å². The van der Waals surface area contributed by atoms with Gasteiger partial charge in [0, 0.05) is 53.4 Å². The fraction of sp³-hybridized carbons (Fsp3) is 0.310. The number of carbonyl (C=O) groups is 2. The van der Waals surface area contributed by atoms with Gasteiger partial charge >= 0.3 is 0 Å². The van der Waals surface area contributed by atoms with Gasteiger partial charge in [-0.3, -0.25) is 28.7 Å². The van der Waals surface area contributed by atoms with E-state index in [2.05, 4.69) is 92.1 Å². The zero-order chi connectivity index (χ0) is 52.3. The third kappa shape index (κ3) is 8.44. The molecule has 0 aliphatic carbocycles. The number of aryl methyl sites for hydroxylation is 4. The first kappa shape index (κ1) is 48.9. The summed E-state index contributed by atoms with van der Waals surface area (Å²) in [6, 6.07) is 26.6. The Morgan fingerprint density at radius 3 is 1.32 bits per heavy atom. The Morgan fingerprint density at radius 2 is 0.921 bits per heavy atom. The van der Waals surface area contributed by atoms with Crippen molar-refractivity contribution in [2.45, 2.75) is 117 Å². The van der Waals surface area contributed by atoms with Crippen LogP contribution in [0.3, 0.4) is 0 Å². The Labute approximate surface area is 457 Å². The van der Waals surface area contributed by atoms with Gasteiger partial charge in [-0.25, -0.2) is 0 Å². The summed E-state index contributed by atoms with van der Waals surface area (Å²) in [6.07, 6.45) is 5.20. The highest BCUT2D eigenvalue weighted by molar-refractivity contribution is 7.15. The van der Waals surface area contributed by atoms with Crippen LogP contribution < -0.4 is 10.6 Å². The van der Waals surface area contributed by atoms with Crippen LogP contribution in [0.1, 0.15) is 164 Å². The van der Waals surface area contributed by atoms with E-state index in [4.69, 9.17) is 42.7 Å². The van der Waals surface area contributed by atoms with Gasteiger partial charge in [-0.15, -0.1) is 43.1 Å². The molecule has 10 heterocycles. The average molecular weight is 1090 g/mol. The number of nitrogens with one attached hydrogen (secondary N) is 2. The highest BCUT2D eigenvalue weighted by Crippen LogP contribution is 2.52. The van der Waals surface area contributed by atoms with E-state index in [1.807, 2.05) is 74.5 Å². The summed E-state index contributed by atoms with van der Waals surface area (Å²) < 4.78 is 16.2. The molecule has 6 aliphatic heterocycles. The van der Waals surface area contributed by atoms with E-state index in [-0.39, 0.29) is 49.1 Å². The first-order valence-electron chi connectivity index (χ1n) is 25.7. The zero-order valence-electron chi connectivity index (χ0n) is 42.6. The molecule has 4 aromatic heterocycles. The summed E-state index contributed by atoms with van der Waals surface area (Å²) in [5.41, 5.74) is 14.5. The summed E-state index contributed by atoms with van der Waals surface area (Å²) in [5, 5.41) is 27.4. The van der Waals surface area contributed by atoms with Crippen LogP contribution in [0.25, 0.3) is 10.0 Å². The SMILES string of the molecule is Cc1sc2c(c1C)C(c1ccc(Cl)cc1)=N[C@@H](CC(=O)Nc1ccc3c(c1)[C@@H]1CC[C@H]3O1)c1nnc(C)n1-2.Cc1sc2c(c1C)C(c1ccc(Cl)cc1)=N[C@@H](CC(=O)Nc1ccc3c(c1)[C@H]1CC[C@@H]3O1)c1nnc(C)n1-2. The highest BCUT2D eigenvalue weighted by Gasteiger charge is 2.40. The topological polar surface area (TPSA) is 163 Å². The number of amides is 2. The monoisotopic (exact) mass is 1090 g/mol. The minimum atomic E-state index is -0.505. The number of hydrogen-bond donors (Lipinski definition) is 2. The number of rotatable bonds is 8. The van der Waals surface area contributed by atoms with Crippen molar-refractivity contribution in [3.63, 3.8) is 0 Å². The van der Waals surface area contributed by atoms with E-state index in [1.165, 1.54) is 32.0 Å². The fourth-order valence-electron chi connectivity index (χ4n) is 11.7. The molecule has 8 aromatic rings. The number of fused-ring (bicyclic) bond motifs is 16. The van der Waals surface area contributed by atoms with Gasteiger partial charge in [0.15, 0.2) is 11.6 Å². The van der Waals surface area contributed by atoms with E-state index >= 15 is 0 Å². The third-order valence-corrected chi connectivity index (χ3v) is 18.5. The predicted molar refractivity (Wildman–Crippen MR) is 298 cm³/mol. The van der Waals surface area contributed by atoms with E-state index in [1.54, 1.807) is 22.7 Å². The smallest absolute Gasteiger partial charge is 0.227 e. The molecule has 2 fully saturated rings. The van der Waals surface area contributed by atoms with E-state index in [0.29, 0.717) is 21.7 Å². The van der Waals surface area contributed by atoms with Crippen molar-refractivity contribution in [2.24, 2.45) is 9.98 Å². The van der Waals surface area contributed by atoms with Crippen molar-refractivity contribution in [1.29, 1.82) is 0 Å². The molecule has 2 N–H and O–H groups in total. The van der Waals surface area contributed by atoms with Crippen LogP contribution in [0.5, 0.6) is 0 Å². The van der Waals surface area contributed by atoms with Crippen LogP contribution in [-0.2, 0) is 19.1 Å². The summed E-state index contributed by atoms with van der Waals surface area (Å²) >= 11 is 15.8. The fourth-order valence-corrected chi connectivity index (χ4v) is 14.4. The first-order chi connectivity index (χ1) is 36.7. The number of thiophene rings is 2. The molecule has 384 valence electrons. The number of halogens is 2. The maximum absolute atomic E-state index is 13.4. The summed E-state index contributed by atoms with van der Waals surface area (Å²) in [5.74, 6) is 2.64. The molecule has 0 radical (unpaired) electrons. The van der Waals surface area contributed by atoms with Crippen LogP contribution in [-0.4, -0.2) is 52.8 Å². The molecular weight excluding hydrogens is 1040 g/mol. The quantitative estimate of drug-likeness (QED) is 0.152. The molecule has 0 spiro atoms. The zero-order valence-corrected chi connectivity index (χ0v) is 45.7. The minimum Gasteiger partial charge on any atom is -0.366 e. The third-order valence-electron chi connectivity index (χ3n) is 15.6. The van der Waals surface area contributed by atoms with Crippen molar-refractivity contribution in [1.82, 2.24) is 29.5 Å². The van der Waals surface area contributed by atoms with Crippen LogP contribution in [0.15, 0.2) is 94.9 Å². The van der Waals surface area contributed by atoms with Crippen molar-refractivity contribution in [2.75, 3.05) is 10.6 Å². The van der Waals surface area contributed by atoms with Crippen molar-refractivity contribution in [3.8, 4) is 10.0 Å². The van der Waals surface area contributed by atoms with Crippen LogP contribution in [0.4, 0.5) is 11.4 Å². The largest absolute Gasteiger partial charge is 0.366 e. The van der Waals surface area contributed by atoms with Crippen molar-refractivity contribution in [3.05, 3.63) is 184 Å². The summed E-state index contributed by atoms with van der Waals surface area (Å²) in [7, 11) is 0. The van der Waals surface area contributed by atoms with Crippen LogP contribution in [0, 0.1) is 41.5 Å². The first-order valence-corrected chi connectivity index (χ1v) is 28.0. The average Bonchev–Trinajstić information content (AvgIpc) is 4.33. The molecule has 14 nitrogen and oxygen atoms in total. The Kier molecular flexibility index (Phi) is 12.3. The maximum Gasteiger partial charge on any atom is 0.227 e. The number of ether oxygens (including phenoxy) is 2. The lowest BCUT2D eigenvalue weighted by molar-refractivity contribution is -0.117. The normalized spacial score (nSPS) is 20.9. The van der Waals surface area contributed by atoms with Gasteiger partial charge in [-0.2, -0.15) is 0 Å². The van der Waals surface area contributed by atoms with E-state index in [9.17, 15) is 9.59 Å². The summed E-state index contributed by atoms with van der Waals surface area (Å²) in [4.78, 5) is 39.6. The molecule has 76 heavy (non-hydrogen) atoms. The highest BCUT2D eigenvalue weighted by atomic mass is 35.5. The number of aromatic nitrogens is 6. The number of benzene rings is 4. The second-order valence-corrected chi connectivity index (χ2v) is 23.7. The number of aliphatic imine (C=N–C) groups is 2. The molecular formula is C58H52Cl2N10O4S2. The molecule has 2 amide bonds. The molecule has 4 bridgehead atoms. The molecule has 18 heteroatoms. The Hall–Kier alpha value is -6.66. The molecule has 6 aliphatic rings. The molecule has 14 rings (SSSR count). The van der Waals surface area contributed by atoms with Crippen LogP contribution >= 0.6 is 45.9 Å². The Morgan fingerprint density at radius 1 is 0.539 bits per heavy atom. The molecule has 0 saturated carbocycles. The van der Waals surface area contributed by atoms with Crippen molar-refractivity contribution < 1.29 is 19.1 Å². The number of nitrogens with zero attached hydrogens (tertiary/aromatic N) is 8. The number of carbonyl (C=O) groups excluding carboxylic acids is 2. The second kappa shape index (κ2) is 19.1. The Balaban J connectivity index is 0.000000146. The maximum atomic E-state index is 13.4. The van der Waals surface area contributed by atoms with Gasteiger partial charge in [0.1, 0.15) is 33.7 Å². The number of hydrogen-bond acceptors (Lipinski definition) is 12. The van der Waals surface area contributed by atoms with Gasteiger partial charge in [0.25, 0.3) is 0 Å². The van der Waals surface area contributed by atoms with E-state index in [0.717, 1.165) is 104 Å². The van der Waals surface area contributed by atoms with Crippen molar-refractivity contribution >= 4 is 80.5 Å². The Bertz CT molecular complexity index is 3520. The lowest BCUT2D eigenvalue weighted by Crippen LogP contribution is -2.17. The lowest BCUT2D eigenvalue weighted by atomic mass is 9.91. The van der Waals surface area contributed by atoms with Crippen LogP contribution in [0.2, 0.25) is 10.0 Å². The second-order valence-electron chi connectivity index (χ2n) is 20.4. The molecule has 4 aromatic carbocycles. The summed E-state index contributed by atoms with van der Waals surface area (Å²) in [6.45, 7) is 12.3. The van der Waals surface area contributed by atoms with Gasteiger partial charge in [0.2, 0.25) is 11.8 Å². The van der Waals surface area contributed by atoms with Gasteiger partial charge in [-0.05, 0) is 149 Å².